The number of nitro groups is 1. The number of hydrogen-bond acceptors (Lipinski definition) is 9. The minimum Gasteiger partial charge on any atom is -0.493 e. The first-order valence-electron chi connectivity index (χ1n) is 8.20. The van der Waals surface area contributed by atoms with E-state index < -0.39 is 4.92 Å². The minimum atomic E-state index is -0.455. The summed E-state index contributed by atoms with van der Waals surface area (Å²) < 4.78 is 23.1. The van der Waals surface area contributed by atoms with Crippen molar-refractivity contribution in [2.24, 2.45) is 0 Å². The quantitative estimate of drug-likeness (QED) is 0.442. The molecule has 0 aliphatic rings. The Morgan fingerprint density at radius 2 is 1.75 bits per heavy atom. The van der Waals surface area contributed by atoms with Crippen LogP contribution in [0.4, 0.5) is 5.69 Å². The van der Waals surface area contributed by atoms with Gasteiger partial charge < -0.3 is 18.6 Å². The van der Waals surface area contributed by atoms with Crippen molar-refractivity contribution in [2.45, 2.75) is 20.4 Å². The van der Waals surface area contributed by atoms with Gasteiger partial charge in [-0.2, -0.15) is 5.10 Å². The van der Waals surface area contributed by atoms with E-state index in [1.807, 2.05) is 0 Å². The van der Waals surface area contributed by atoms with Gasteiger partial charge in [-0.1, -0.05) is 0 Å². The Morgan fingerprint density at radius 3 is 2.25 bits per heavy atom. The van der Waals surface area contributed by atoms with Gasteiger partial charge in [-0.15, -0.1) is 10.2 Å². The maximum Gasteiger partial charge on any atom is 0.312 e. The highest BCUT2D eigenvalue weighted by molar-refractivity contribution is 5.65. The molecule has 3 aromatic rings. The topological polar surface area (TPSA) is 128 Å². The molecule has 0 saturated carbocycles. The lowest BCUT2D eigenvalue weighted by Gasteiger charge is -2.12. The minimum absolute atomic E-state index is 0.0237. The number of methoxy groups -OCH3 is 3. The van der Waals surface area contributed by atoms with Crippen LogP contribution in [0.25, 0.3) is 11.5 Å². The highest BCUT2D eigenvalue weighted by Crippen LogP contribution is 2.40. The van der Waals surface area contributed by atoms with E-state index in [9.17, 15) is 10.1 Å². The van der Waals surface area contributed by atoms with Gasteiger partial charge in [-0.3, -0.25) is 14.8 Å². The summed E-state index contributed by atoms with van der Waals surface area (Å²) in [5, 5.41) is 23.4. The Labute approximate surface area is 160 Å². The highest BCUT2D eigenvalue weighted by Gasteiger charge is 2.23. The van der Waals surface area contributed by atoms with Gasteiger partial charge in [0.05, 0.1) is 26.3 Å². The number of aromatic nitrogens is 4. The lowest BCUT2D eigenvalue weighted by molar-refractivity contribution is -0.386. The number of ether oxygens (including phenoxy) is 3. The van der Waals surface area contributed by atoms with Crippen LogP contribution in [0, 0.1) is 24.0 Å². The van der Waals surface area contributed by atoms with Crippen molar-refractivity contribution in [3.8, 4) is 28.7 Å². The normalized spacial score (nSPS) is 10.8. The Morgan fingerprint density at radius 1 is 1.11 bits per heavy atom. The lowest BCUT2D eigenvalue weighted by atomic mass is 10.2. The van der Waals surface area contributed by atoms with Crippen LogP contribution in [0.3, 0.4) is 0 Å². The van der Waals surface area contributed by atoms with Gasteiger partial charge in [0.2, 0.25) is 17.5 Å². The van der Waals surface area contributed by atoms with E-state index >= 15 is 0 Å². The summed E-state index contributed by atoms with van der Waals surface area (Å²) in [7, 11) is 4.53. The van der Waals surface area contributed by atoms with Crippen molar-refractivity contribution in [1.82, 2.24) is 20.0 Å². The first kappa shape index (κ1) is 19.1. The molecule has 28 heavy (non-hydrogen) atoms. The predicted molar refractivity (Wildman–Crippen MR) is 96.8 cm³/mol. The fraction of sp³-hybridized carbons (Fsp3) is 0.353. The third-order valence-electron chi connectivity index (χ3n) is 4.19. The molecule has 0 radical (unpaired) electrons. The van der Waals surface area contributed by atoms with Crippen LogP contribution in [0.1, 0.15) is 17.3 Å². The third kappa shape index (κ3) is 3.33. The second kappa shape index (κ2) is 7.55. The average Bonchev–Trinajstić information content (AvgIpc) is 3.24. The highest BCUT2D eigenvalue weighted by atomic mass is 16.6. The molecule has 11 nitrogen and oxygen atoms in total. The zero-order chi connectivity index (χ0) is 20.4. The summed E-state index contributed by atoms with van der Waals surface area (Å²) in [5.74, 6) is 1.84. The fourth-order valence-corrected chi connectivity index (χ4v) is 2.87. The van der Waals surface area contributed by atoms with E-state index in [0.717, 1.165) is 0 Å². The SMILES string of the molecule is COc1cc(-c2nnc(Cn3nc(C)c([N+](=O)[O-])c3C)o2)cc(OC)c1OC. The van der Waals surface area contributed by atoms with Gasteiger partial charge in [0, 0.05) is 5.56 Å². The Balaban J connectivity index is 1.93. The summed E-state index contributed by atoms with van der Waals surface area (Å²) in [5.41, 5.74) is 1.29. The average molecular weight is 389 g/mol. The molecule has 11 heteroatoms. The molecule has 0 spiro atoms. The van der Waals surface area contributed by atoms with Crippen molar-refractivity contribution >= 4 is 5.69 Å². The summed E-state index contributed by atoms with van der Waals surface area (Å²) in [6, 6.07) is 3.37. The van der Waals surface area contributed by atoms with E-state index in [4.69, 9.17) is 18.6 Å². The van der Waals surface area contributed by atoms with E-state index in [0.29, 0.717) is 34.2 Å². The zero-order valence-electron chi connectivity index (χ0n) is 16.0. The van der Waals surface area contributed by atoms with Gasteiger partial charge in [-0.25, -0.2) is 0 Å². The summed E-state index contributed by atoms with van der Waals surface area (Å²) in [4.78, 5) is 10.7. The second-order valence-electron chi connectivity index (χ2n) is 5.85. The van der Waals surface area contributed by atoms with Crippen molar-refractivity contribution in [3.05, 3.63) is 39.5 Å². The zero-order valence-corrected chi connectivity index (χ0v) is 16.0. The van der Waals surface area contributed by atoms with Gasteiger partial charge in [0.25, 0.3) is 0 Å². The van der Waals surface area contributed by atoms with Crippen LogP contribution in [0.2, 0.25) is 0 Å². The summed E-state index contributed by atoms with van der Waals surface area (Å²) in [6.07, 6.45) is 0. The third-order valence-corrected chi connectivity index (χ3v) is 4.19. The van der Waals surface area contributed by atoms with Crippen LogP contribution >= 0.6 is 0 Å². The Hall–Kier alpha value is -3.63. The molecular weight excluding hydrogens is 370 g/mol. The van der Waals surface area contributed by atoms with Gasteiger partial charge in [0.1, 0.15) is 17.9 Å². The molecule has 0 saturated heterocycles. The predicted octanol–water partition coefficient (Wildman–Crippen LogP) is 2.53. The smallest absolute Gasteiger partial charge is 0.312 e. The number of nitrogens with zero attached hydrogens (tertiary/aromatic N) is 5. The molecule has 0 aliphatic heterocycles. The van der Waals surface area contributed by atoms with Gasteiger partial charge in [-0.05, 0) is 26.0 Å². The molecular formula is C17H19N5O6. The van der Waals surface area contributed by atoms with Crippen LogP contribution in [0.15, 0.2) is 16.5 Å². The summed E-state index contributed by atoms with van der Waals surface area (Å²) >= 11 is 0. The molecule has 0 atom stereocenters. The van der Waals surface area contributed by atoms with Crippen molar-refractivity contribution in [2.75, 3.05) is 21.3 Å². The number of rotatable bonds is 7. The van der Waals surface area contributed by atoms with Crippen molar-refractivity contribution in [1.29, 1.82) is 0 Å². The first-order chi connectivity index (χ1) is 13.4. The first-order valence-corrected chi connectivity index (χ1v) is 8.20. The second-order valence-corrected chi connectivity index (χ2v) is 5.85. The lowest BCUT2D eigenvalue weighted by Crippen LogP contribution is -2.04. The molecule has 3 rings (SSSR count). The molecule has 1 aromatic carbocycles. The molecule has 0 fully saturated rings. The molecule has 0 unspecified atom stereocenters. The van der Waals surface area contributed by atoms with Crippen LogP contribution < -0.4 is 14.2 Å². The van der Waals surface area contributed by atoms with E-state index in [-0.39, 0.29) is 24.0 Å². The number of aryl methyl sites for hydroxylation is 1. The van der Waals surface area contributed by atoms with Crippen molar-refractivity contribution in [3.63, 3.8) is 0 Å². The number of benzene rings is 1. The molecule has 0 bridgehead atoms. The number of hydrogen-bond donors (Lipinski definition) is 0. The molecule has 2 aromatic heterocycles. The maximum atomic E-state index is 11.1. The van der Waals surface area contributed by atoms with Crippen LogP contribution in [0.5, 0.6) is 17.2 Å². The standard InChI is InChI=1S/C17H19N5O6/c1-9-15(22(23)24)10(2)21(20-9)8-14-18-19-17(28-14)11-6-12(25-3)16(27-5)13(7-11)26-4/h6-7H,8H2,1-5H3. The molecule has 0 amide bonds. The Kier molecular flexibility index (Phi) is 5.16. The van der Waals surface area contributed by atoms with Crippen LogP contribution in [-0.4, -0.2) is 46.2 Å². The van der Waals surface area contributed by atoms with E-state index in [1.54, 1.807) is 26.0 Å². The fourth-order valence-electron chi connectivity index (χ4n) is 2.87. The maximum absolute atomic E-state index is 11.1. The molecule has 0 aliphatic carbocycles. The van der Waals surface area contributed by atoms with E-state index in [1.165, 1.54) is 26.0 Å². The van der Waals surface area contributed by atoms with Crippen molar-refractivity contribution < 1.29 is 23.6 Å². The monoisotopic (exact) mass is 389 g/mol. The molecule has 148 valence electrons. The summed E-state index contributed by atoms with van der Waals surface area (Å²) in [6.45, 7) is 3.31. The van der Waals surface area contributed by atoms with Gasteiger partial charge >= 0.3 is 5.69 Å². The van der Waals surface area contributed by atoms with Gasteiger partial charge in [0.15, 0.2) is 11.5 Å². The largest absolute Gasteiger partial charge is 0.493 e. The van der Waals surface area contributed by atoms with E-state index in [2.05, 4.69) is 15.3 Å². The molecule has 2 heterocycles. The molecule has 0 N–H and O–H groups in total. The Bertz CT molecular complexity index is 1000. The van der Waals surface area contributed by atoms with Crippen LogP contribution in [-0.2, 0) is 6.54 Å².